The van der Waals surface area contributed by atoms with Gasteiger partial charge >= 0.3 is 0 Å². The molecular formula is C21H20FN3O2S. The molecule has 0 saturated carbocycles. The van der Waals surface area contributed by atoms with E-state index in [2.05, 4.69) is 9.97 Å². The van der Waals surface area contributed by atoms with Crippen LogP contribution in [0.25, 0.3) is 10.6 Å². The summed E-state index contributed by atoms with van der Waals surface area (Å²) in [7, 11) is 0. The minimum absolute atomic E-state index is 0.0445. The molecule has 1 fully saturated rings. The van der Waals surface area contributed by atoms with Gasteiger partial charge in [0.1, 0.15) is 16.9 Å². The van der Waals surface area contributed by atoms with Crippen LogP contribution >= 0.6 is 11.3 Å². The summed E-state index contributed by atoms with van der Waals surface area (Å²) >= 11 is 1.56. The van der Waals surface area contributed by atoms with E-state index in [1.54, 1.807) is 46.8 Å². The zero-order valence-electron chi connectivity index (χ0n) is 15.3. The lowest BCUT2D eigenvalue weighted by atomic mass is 10.1. The lowest BCUT2D eigenvalue weighted by molar-refractivity contribution is -0.139. The largest absolute Gasteiger partial charge is 0.370 e. The predicted molar refractivity (Wildman–Crippen MR) is 105 cm³/mol. The third kappa shape index (κ3) is 4.26. The highest BCUT2D eigenvalue weighted by Crippen LogP contribution is 2.26. The first-order valence-corrected chi connectivity index (χ1v) is 10.1. The monoisotopic (exact) mass is 397 g/mol. The molecule has 144 valence electrons. The van der Waals surface area contributed by atoms with Gasteiger partial charge < -0.3 is 9.64 Å². The number of hydrogen-bond donors (Lipinski definition) is 0. The lowest BCUT2D eigenvalue weighted by Crippen LogP contribution is -2.42. The number of hydrogen-bond acceptors (Lipinski definition) is 5. The Labute approximate surface area is 166 Å². The topological polar surface area (TPSA) is 55.3 Å². The highest BCUT2D eigenvalue weighted by Gasteiger charge is 2.26. The molecule has 5 nitrogen and oxygen atoms in total. The molecule has 3 aromatic rings. The molecule has 7 heteroatoms. The fraction of sp³-hybridized carbons (Fsp3) is 0.286. The lowest BCUT2D eigenvalue weighted by Gasteiger charge is -2.33. The number of carbonyl (C=O) groups is 1. The van der Waals surface area contributed by atoms with Crippen molar-refractivity contribution in [3.8, 4) is 10.6 Å². The van der Waals surface area contributed by atoms with E-state index in [0.29, 0.717) is 38.1 Å². The predicted octanol–water partition coefficient (Wildman–Crippen LogP) is 3.88. The first-order chi connectivity index (χ1) is 13.7. The van der Waals surface area contributed by atoms with Crippen LogP contribution in [0, 0.1) is 5.82 Å². The van der Waals surface area contributed by atoms with Gasteiger partial charge in [0, 0.05) is 41.9 Å². The van der Waals surface area contributed by atoms with Crippen molar-refractivity contribution in [1.29, 1.82) is 0 Å². The van der Waals surface area contributed by atoms with Crippen LogP contribution < -0.4 is 0 Å². The zero-order chi connectivity index (χ0) is 19.3. The number of thiazole rings is 1. The number of amides is 1. The number of carbonyl (C=O) groups excluding carboxylic acids is 1. The molecule has 1 unspecified atom stereocenters. The molecule has 1 aromatic carbocycles. The fourth-order valence-electron chi connectivity index (χ4n) is 3.24. The first-order valence-electron chi connectivity index (χ1n) is 9.19. The first kappa shape index (κ1) is 18.7. The van der Waals surface area contributed by atoms with Gasteiger partial charge in [-0.2, -0.15) is 0 Å². The van der Waals surface area contributed by atoms with E-state index in [0.717, 1.165) is 16.3 Å². The molecule has 1 saturated heterocycles. The van der Waals surface area contributed by atoms with Gasteiger partial charge in [0.2, 0.25) is 5.91 Å². The summed E-state index contributed by atoms with van der Waals surface area (Å²) in [5.41, 5.74) is 2.43. The zero-order valence-corrected chi connectivity index (χ0v) is 16.1. The second-order valence-corrected chi connectivity index (χ2v) is 7.46. The van der Waals surface area contributed by atoms with Crippen LogP contribution in [-0.4, -0.2) is 40.5 Å². The summed E-state index contributed by atoms with van der Waals surface area (Å²) in [5, 5.41) is 2.92. The Morgan fingerprint density at radius 2 is 2.07 bits per heavy atom. The van der Waals surface area contributed by atoms with Crippen LogP contribution in [0.3, 0.4) is 0 Å². The number of aryl methyl sites for hydroxylation is 1. The van der Waals surface area contributed by atoms with Crippen LogP contribution in [0.2, 0.25) is 0 Å². The summed E-state index contributed by atoms with van der Waals surface area (Å²) in [6.45, 7) is 1.32. The van der Waals surface area contributed by atoms with Crippen molar-refractivity contribution in [1.82, 2.24) is 14.9 Å². The van der Waals surface area contributed by atoms with Crippen LogP contribution in [0.1, 0.15) is 23.8 Å². The minimum Gasteiger partial charge on any atom is -0.370 e. The molecule has 0 N–H and O–H groups in total. The van der Waals surface area contributed by atoms with Gasteiger partial charge in [-0.3, -0.25) is 9.78 Å². The van der Waals surface area contributed by atoms with E-state index in [9.17, 15) is 9.18 Å². The van der Waals surface area contributed by atoms with Crippen molar-refractivity contribution in [2.75, 3.05) is 19.7 Å². The van der Waals surface area contributed by atoms with Crippen LogP contribution in [0.15, 0.2) is 54.2 Å². The molecular weight excluding hydrogens is 377 g/mol. The number of aromatic nitrogens is 2. The fourth-order valence-corrected chi connectivity index (χ4v) is 4.10. The maximum atomic E-state index is 14.0. The van der Waals surface area contributed by atoms with E-state index in [1.807, 2.05) is 17.5 Å². The van der Waals surface area contributed by atoms with Gasteiger partial charge in [0.15, 0.2) is 0 Å². The Morgan fingerprint density at radius 1 is 1.25 bits per heavy atom. The van der Waals surface area contributed by atoms with E-state index in [1.165, 1.54) is 6.07 Å². The molecule has 1 aliphatic rings. The summed E-state index contributed by atoms with van der Waals surface area (Å²) in [5.74, 6) is -0.254. The molecule has 2 aromatic heterocycles. The van der Waals surface area contributed by atoms with Gasteiger partial charge in [-0.05, 0) is 24.6 Å². The number of morpholine rings is 1. The average molecular weight is 397 g/mol. The van der Waals surface area contributed by atoms with Crippen molar-refractivity contribution < 1.29 is 13.9 Å². The molecule has 0 bridgehead atoms. The molecule has 0 aliphatic carbocycles. The molecule has 1 amide bonds. The van der Waals surface area contributed by atoms with Gasteiger partial charge in [-0.1, -0.05) is 18.2 Å². The Balaban J connectivity index is 1.35. The Bertz CT molecular complexity index is 948. The molecule has 3 heterocycles. The van der Waals surface area contributed by atoms with Gasteiger partial charge in [-0.25, -0.2) is 9.37 Å². The van der Waals surface area contributed by atoms with Gasteiger partial charge in [0.25, 0.3) is 0 Å². The summed E-state index contributed by atoms with van der Waals surface area (Å²) in [4.78, 5) is 23.0. The summed E-state index contributed by atoms with van der Waals surface area (Å²) < 4.78 is 19.7. The minimum atomic E-state index is -0.420. The third-order valence-electron chi connectivity index (χ3n) is 4.75. The Kier molecular flexibility index (Phi) is 5.73. The molecule has 1 aliphatic heterocycles. The van der Waals surface area contributed by atoms with E-state index < -0.39 is 6.10 Å². The van der Waals surface area contributed by atoms with E-state index in [-0.39, 0.29) is 11.7 Å². The van der Waals surface area contributed by atoms with Crippen LogP contribution in [-0.2, 0) is 16.0 Å². The van der Waals surface area contributed by atoms with Gasteiger partial charge in [-0.15, -0.1) is 11.3 Å². The number of ether oxygens (including phenoxy) is 1. The molecule has 0 spiro atoms. The average Bonchev–Trinajstić information content (AvgIpc) is 3.22. The van der Waals surface area contributed by atoms with Crippen molar-refractivity contribution in [3.63, 3.8) is 0 Å². The number of rotatable bonds is 5. The normalized spacial score (nSPS) is 16.9. The second kappa shape index (κ2) is 8.58. The van der Waals surface area contributed by atoms with E-state index >= 15 is 0 Å². The van der Waals surface area contributed by atoms with Crippen molar-refractivity contribution >= 4 is 17.2 Å². The maximum Gasteiger partial charge on any atom is 0.223 e. The van der Waals surface area contributed by atoms with Crippen molar-refractivity contribution in [2.45, 2.75) is 18.9 Å². The van der Waals surface area contributed by atoms with E-state index in [4.69, 9.17) is 4.74 Å². The van der Waals surface area contributed by atoms with Crippen LogP contribution in [0.4, 0.5) is 4.39 Å². The number of benzene rings is 1. The SMILES string of the molecule is O=C(CCc1csc(-c2ccncc2)n1)N1CCOC(c2ccccc2F)C1. The summed E-state index contributed by atoms with van der Waals surface area (Å²) in [6, 6.07) is 10.4. The molecule has 0 radical (unpaired) electrons. The van der Waals surface area contributed by atoms with Gasteiger partial charge in [0.05, 0.1) is 18.8 Å². The molecule has 4 rings (SSSR count). The highest BCUT2D eigenvalue weighted by atomic mass is 32.1. The number of halogens is 1. The van der Waals surface area contributed by atoms with Crippen molar-refractivity contribution in [2.24, 2.45) is 0 Å². The van der Waals surface area contributed by atoms with Crippen molar-refractivity contribution in [3.05, 3.63) is 71.2 Å². The third-order valence-corrected chi connectivity index (χ3v) is 5.69. The smallest absolute Gasteiger partial charge is 0.223 e. The number of pyridine rings is 1. The highest BCUT2D eigenvalue weighted by molar-refractivity contribution is 7.13. The summed E-state index contributed by atoms with van der Waals surface area (Å²) in [6.07, 6.45) is 4.02. The second-order valence-electron chi connectivity index (χ2n) is 6.60. The molecule has 1 atom stereocenters. The number of nitrogens with zero attached hydrogens (tertiary/aromatic N) is 3. The Hall–Kier alpha value is -2.64. The van der Waals surface area contributed by atoms with Crippen LogP contribution in [0.5, 0.6) is 0 Å². The Morgan fingerprint density at radius 3 is 2.89 bits per heavy atom. The standard InChI is InChI=1S/C21H20FN3O2S/c22-18-4-2-1-3-17(18)19-13-25(11-12-27-19)20(26)6-5-16-14-28-21(24-16)15-7-9-23-10-8-15/h1-4,7-10,14,19H,5-6,11-13H2. The molecule has 28 heavy (non-hydrogen) atoms. The quantitative estimate of drug-likeness (QED) is 0.656. The maximum absolute atomic E-state index is 14.0.